The molecule has 0 spiro atoms. The summed E-state index contributed by atoms with van der Waals surface area (Å²) in [7, 11) is 0. The summed E-state index contributed by atoms with van der Waals surface area (Å²) in [6.07, 6.45) is 4.26. The predicted molar refractivity (Wildman–Crippen MR) is 91.0 cm³/mol. The molecule has 4 N–H and O–H groups in total. The van der Waals surface area contributed by atoms with Crippen LogP contribution in [-0.4, -0.2) is 11.9 Å². The van der Waals surface area contributed by atoms with Crippen molar-refractivity contribution >= 4 is 24.3 Å². The number of carbonyl (C=O) groups is 1. The highest BCUT2D eigenvalue weighted by Crippen LogP contribution is 2.19. The Morgan fingerprint density at radius 1 is 1.24 bits per heavy atom. The lowest BCUT2D eigenvalue weighted by molar-refractivity contribution is 0.100. The molecule has 0 fully saturated rings. The van der Waals surface area contributed by atoms with Crippen LogP contribution in [0, 0.1) is 5.92 Å². The molecule has 1 aromatic rings. The fourth-order valence-corrected chi connectivity index (χ4v) is 2.18. The highest BCUT2D eigenvalue weighted by Gasteiger charge is 2.10. The molecule has 0 saturated carbocycles. The summed E-state index contributed by atoms with van der Waals surface area (Å²) in [5.74, 6) is 0.0184. The van der Waals surface area contributed by atoms with Gasteiger partial charge < -0.3 is 11.5 Å². The molecular formula is C16H26ClN3O. The molecule has 0 radical (unpaired) electrons. The lowest BCUT2D eigenvalue weighted by Gasteiger charge is -2.12. The molecule has 1 amide bonds. The van der Waals surface area contributed by atoms with Gasteiger partial charge in [-0.05, 0) is 48.4 Å². The number of rotatable bonds is 6. The van der Waals surface area contributed by atoms with Crippen LogP contribution in [0.1, 0.15) is 55.1 Å². The summed E-state index contributed by atoms with van der Waals surface area (Å²) in [6.45, 7) is 6.56. The number of hydrogen-bond acceptors (Lipinski definition) is 1. The van der Waals surface area contributed by atoms with Gasteiger partial charge in [0.2, 0.25) is 0 Å². The zero-order valence-electron chi connectivity index (χ0n) is 13.1. The molecule has 0 atom stereocenters. The minimum Gasteiger partial charge on any atom is -0.370 e. The van der Waals surface area contributed by atoms with Crippen LogP contribution in [0.15, 0.2) is 23.2 Å². The third-order valence-electron chi connectivity index (χ3n) is 3.11. The molecule has 0 heterocycles. The molecule has 1 aromatic carbocycles. The van der Waals surface area contributed by atoms with E-state index in [1.165, 1.54) is 11.1 Å². The highest BCUT2D eigenvalue weighted by atomic mass is 35.5. The lowest BCUT2D eigenvalue weighted by Crippen LogP contribution is -2.24. The third-order valence-corrected chi connectivity index (χ3v) is 3.11. The van der Waals surface area contributed by atoms with Gasteiger partial charge in [-0.3, -0.25) is 4.79 Å². The number of nitrogens with zero attached hydrogens (tertiary/aromatic N) is 1. The second-order valence-corrected chi connectivity index (χ2v) is 5.53. The molecule has 0 unspecified atom stereocenters. The van der Waals surface area contributed by atoms with Gasteiger partial charge >= 0.3 is 0 Å². The lowest BCUT2D eigenvalue weighted by atomic mass is 9.93. The zero-order chi connectivity index (χ0) is 15.1. The van der Waals surface area contributed by atoms with Gasteiger partial charge in [-0.15, -0.1) is 12.4 Å². The molecule has 4 nitrogen and oxygen atoms in total. The number of carbonyl (C=O) groups excluding carboxylic acids is 1. The number of unbranched alkanes of at least 4 members (excludes halogenated alkanes) is 1. The second-order valence-electron chi connectivity index (χ2n) is 5.53. The van der Waals surface area contributed by atoms with E-state index < -0.39 is 0 Å². The van der Waals surface area contributed by atoms with E-state index in [1.807, 2.05) is 18.2 Å². The van der Waals surface area contributed by atoms with Crippen LogP contribution in [0.25, 0.3) is 0 Å². The van der Waals surface area contributed by atoms with Crippen LogP contribution in [0.5, 0.6) is 0 Å². The standard InChI is InChI=1S/C16H25N3O.ClH/c1-4-5-6-12-10-14(15(20)19-16(17)18)8-7-13(12)9-11(2)3;/h7-8,10-11H,4-6,9H2,1-3H3,(H4,17,18,19,20);1H. The van der Waals surface area contributed by atoms with E-state index in [-0.39, 0.29) is 24.3 Å². The van der Waals surface area contributed by atoms with Crippen LogP contribution < -0.4 is 11.5 Å². The maximum absolute atomic E-state index is 11.9. The molecule has 0 aliphatic heterocycles. The number of aryl methyl sites for hydroxylation is 1. The Kier molecular flexibility index (Phi) is 8.70. The Morgan fingerprint density at radius 3 is 2.43 bits per heavy atom. The Bertz CT molecular complexity index is 494. The van der Waals surface area contributed by atoms with E-state index in [0.29, 0.717) is 11.5 Å². The molecule has 1 rings (SSSR count). The van der Waals surface area contributed by atoms with Crippen molar-refractivity contribution in [3.63, 3.8) is 0 Å². The van der Waals surface area contributed by atoms with E-state index >= 15 is 0 Å². The Balaban J connectivity index is 0.00000400. The van der Waals surface area contributed by atoms with E-state index in [9.17, 15) is 4.79 Å². The van der Waals surface area contributed by atoms with Crippen molar-refractivity contribution in [1.29, 1.82) is 0 Å². The monoisotopic (exact) mass is 311 g/mol. The summed E-state index contributed by atoms with van der Waals surface area (Å²) in [4.78, 5) is 15.5. The molecular weight excluding hydrogens is 286 g/mol. The first-order valence-corrected chi connectivity index (χ1v) is 7.19. The number of aliphatic imine (C=N–C) groups is 1. The van der Waals surface area contributed by atoms with Gasteiger partial charge in [0.25, 0.3) is 5.91 Å². The fraction of sp³-hybridized carbons (Fsp3) is 0.500. The van der Waals surface area contributed by atoms with Crippen LogP contribution >= 0.6 is 12.4 Å². The smallest absolute Gasteiger partial charge is 0.280 e. The number of halogens is 1. The number of amides is 1. The first kappa shape index (κ1) is 19.4. The molecule has 0 aliphatic carbocycles. The van der Waals surface area contributed by atoms with Gasteiger partial charge in [0.1, 0.15) is 0 Å². The first-order chi connectivity index (χ1) is 9.43. The summed E-state index contributed by atoms with van der Waals surface area (Å²) in [5.41, 5.74) is 13.6. The predicted octanol–water partition coefficient (Wildman–Crippen LogP) is 3.06. The maximum Gasteiger partial charge on any atom is 0.280 e. The zero-order valence-corrected chi connectivity index (χ0v) is 13.9. The van der Waals surface area contributed by atoms with Gasteiger partial charge in [-0.25, -0.2) is 0 Å². The van der Waals surface area contributed by atoms with Crippen molar-refractivity contribution in [2.75, 3.05) is 0 Å². The summed E-state index contributed by atoms with van der Waals surface area (Å²) in [6, 6.07) is 5.77. The van der Waals surface area contributed by atoms with Crippen molar-refractivity contribution in [3.05, 3.63) is 34.9 Å². The first-order valence-electron chi connectivity index (χ1n) is 7.19. The average Bonchev–Trinajstić information content (AvgIpc) is 2.36. The van der Waals surface area contributed by atoms with Crippen molar-refractivity contribution in [2.24, 2.45) is 22.4 Å². The van der Waals surface area contributed by atoms with Gasteiger partial charge in [0.15, 0.2) is 5.96 Å². The third kappa shape index (κ3) is 6.63. The summed E-state index contributed by atoms with van der Waals surface area (Å²) < 4.78 is 0. The van der Waals surface area contributed by atoms with Crippen molar-refractivity contribution < 1.29 is 4.79 Å². The van der Waals surface area contributed by atoms with Crippen LogP contribution in [0.2, 0.25) is 0 Å². The van der Waals surface area contributed by atoms with E-state index in [1.54, 1.807) is 0 Å². The van der Waals surface area contributed by atoms with Crippen LogP contribution in [0.3, 0.4) is 0 Å². The van der Waals surface area contributed by atoms with E-state index in [2.05, 4.69) is 25.8 Å². The topological polar surface area (TPSA) is 81.5 Å². The molecule has 0 bridgehead atoms. The highest BCUT2D eigenvalue weighted by molar-refractivity contribution is 6.02. The van der Waals surface area contributed by atoms with E-state index in [0.717, 1.165) is 25.7 Å². The summed E-state index contributed by atoms with van der Waals surface area (Å²) >= 11 is 0. The van der Waals surface area contributed by atoms with Crippen LogP contribution in [0.4, 0.5) is 0 Å². The van der Waals surface area contributed by atoms with Gasteiger partial charge in [0, 0.05) is 5.56 Å². The SMILES string of the molecule is CCCCc1cc(C(=O)N=C(N)N)ccc1CC(C)C.Cl. The van der Waals surface area contributed by atoms with Gasteiger partial charge in [0.05, 0.1) is 0 Å². The van der Waals surface area contributed by atoms with E-state index in [4.69, 9.17) is 11.5 Å². The van der Waals surface area contributed by atoms with Crippen LogP contribution in [-0.2, 0) is 12.8 Å². The second kappa shape index (κ2) is 9.40. The maximum atomic E-state index is 11.9. The van der Waals surface area contributed by atoms with Crippen molar-refractivity contribution in [2.45, 2.75) is 46.5 Å². The number of hydrogen-bond donors (Lipinski definition) is 2. The Hall–Kier alpha value is -1.55. The van der Waals surface area contributed by atoms with Gasteiger partial charge in [-0.1, -0.05) is 33.3 Å². The Morgan fingerprint density at radius 2 is 1.90 bits per heavy atom. The quantitative estimate of drug-likeness (QED) is 0.625. The van der Waals surface area contributed by atoms with Gasteiger partial charge in [-0.2, -0.15) is 4.99 Å². The van der Waals surface area contributed by atoms with Crippen molar-refractivity contribution in [3.8, 4) is 0 Å². The van der Waals surface area contributed by atoms with Crippen molar-refractivity contribution in [1.82, 2.24) is 0 Å². The minimum atomic E-state index is -0.376. The molecule has 0 aromatic heterocycles. The number of benzene rings is 1. The number of guanidine groups is 1. The Labute approximate surface area is 133 Å². The number of nitrogens with two attached hydrogens (primary N) is 2. The largest absolute Gasteiger partial charge is 0.370 e. The average molecular weight is 312 g/mol. The summed E-state index contributed by atoms with van der Waals surface area (Å²) in [5, 5.41) is 0. The normalized spacial score (nSPS) is 10.1. The fourth-order valence-electron chi connectivity index (χ4n) is 2.18. The molecule has 21 heavy (non-hydrogen) atoms. The molecule has 118 valence electrons. The molecule has 0 saturated heterocycles. The molecule has 5 heteroatoms. The molecule has 0 aliphatic rings. The minimum absolute atomic E-state index is 0.